The lowest BCUT2D eigenvalue weighted by Crippen LogP contribution is -2.53. The molecule has 2 aromatic heterocycles. The van der Waals surface area contributed by atoms with Crippen LogP contribution in [0.15, 0.2) is 48.8 Å². The second-order valence-corrected chi connectivity index (χ2v) is 9.22. The van der Waals surface area contributed by atoms with E-state index >= 15 is 0 Å². The number of piperazine rings is 1. The highest BCUT2D eigenvalue weighted by Gasteiger charge is 2.29. The molecule has 0 bridgehead atoms. The van der Waals surface area contributed by atoms with Gasteiger partial charge in [-0.2, -0.15) is 0 Å². The monoisotopic (exact) mass is 462 g/mol. The normalized spacial score (nSPS) is 16.6. The summed E-state index contributed by atoms with van der Waals surface area (Å²) in [6, 6.07) is 10.3. The summed E-state index contributed by atoms with van der Waals surface area (Å²) in [7, 11) is 1.87. The van der Waals surface area contributed by atoms with E-state index in [1.165, 1.54) is 6.07 Å². The van der Waals surface area contributed by atoms with Crippen molar-refractivity contribution in [2.24, 2.45) is 7.05 Å². The average molecular weight is 463 g/mol. The van der Waals surface area contributed by atoms with Crippen molar-refractivity contribution in [1.29, 1.82) is 0 Å². The molecular formula is C27H31FN4O2. The Morgan fingerprint density at radius 2 is 1.88 bits per heavy atom. The molecule has 7 heteroatoms. The lowest BCUT2D eigenvalue weighted by molar-refractivity contribution is 0.0466. The van der Waals surface area contributed by atoms with Crippen molar-refractivity contribution in [2.75, 3.05) is 19.6 Å². The molecule has 34 heavy (non-hydrogen) atoms. The zero-order valence-corrected chi connectivity index (χ0v) is 20.2. The lowest BCUT2D eigenvalue weighted by atomic mass is 9.95. The van der Waals surface area contributed by atoms with Gasteiger partial charge in [-0.15, -0.1) is 0 Å². The van der Waals surface area contributed by atoms with Gasteiger partial charge in [0, 0.05) is 69.3 Å². The molecule has 0 radical (unpaired) electrons. The fourth-order valence-electron chi connectivity index (χ4n) is 4.60. The molecule has 1 atom stereocenters. The number of amides is 1. The third kappa shape index (κ3) is 5.09. The molecule has 6 nitrogen and oxygen atoms in total. The molecule has 3 heterocycles. The summed E-state index contributed by atoms with van der Waals surface area (Å²) in [6.07, 6.45) is 3.58. The molecule has 0 spiro atoms. The van der Waals surface area contributed by atoms with Crippen LogP contribution in [0.5, 0.6) is 0 Å². The zero-order valence-electron chi connectivity index (χ0n) is 20.2. The summed E-state index contributed by atoms with van der Waals surface area (Å²) in [6.45, 7) is 8.47. The summed E-state index contributed by atoms with van der Waals surface area (Å²) in [5, 5.41) is 0. The maximum absolute atomic E-state index is 14.5. The highest BCUT2D eigenvalue weighted by atomic mass is 19.1. The number of pyridine rings is 1. The van der Waals surface area contributed by atoms with Crippen molar-refractivity contribution in [3.63, 3.8) is 0 Å². The molecule has 4 rings (SSSR count). The molecular weight excluding hydrogens is 431 g/mol. The van der Waals surface area contributed by atoms with E-state index in [4.69, 9.17) is 0 Å². The maximum Gasteiger partial charge on any atom is 0.270 e. The Bertz CT molecular complexity index is 1200. The summed E-state index contributed by atoms with van der Waals surface area (Å²) >= 11 is 0. The number of nitrogens with zero attached hydrogens (tertiary/aromatic N) is 4. The average Bonchev–Trinajstić information content (AvgIpc) is 3.23. The number of halogens is 1. The zero-order chi connectivity index (χ0) is 24.4. The number of carbonyl (C=O) groups excluding carboxylic acids is 2. The Labute approximate surface area is 200 Å². The van der Waals surface area contributed by atoms with Gasteiger partial charge in [0.15, 0.2) is 5.78 Å². The Morgan fingerprint density at radius 1 is 1.12 bits per heavy atom. The minimum atomic E-state index is -0.337. The van der Waals surface area contributed by atoms with E-state index in [1.807, 2.05) is 55.6 Å². The quantitative estimate of drug-likeness (QED) is 0.521. The smallest absolute Gasteiger partial charge is 0.270 e. The molecule has 1 saturated heterocycles. The number of carbonyl (C=O) groups is 2. The van der Waals surface area contributed by atoms with Crippen LogP contribution in [0.4, 0.5) is 4.39 Å². The molecule has 1 aliphatic rings. The molecule has 0 N–H and O–H groups in total. The van der Waals surface area contributed by atoms with Gasteiger partial charge < -0.3 is 9.47 Å². The summed E-state index contributed by atoms with van der Waals surface area (Å²) in [5.41, 5.74) is 4.57. The minimum absolute atomic E-state index is 0.0352. The first-order chi connectivity index (χ1) is 16.2. The van der Waals surface area contributed by atoms with Crippen LogP contribution in [-0.4, -0.2) is 56.7 Å². The fraction of sp³-hybridized carbons (Fsp3) is 0.370. The predicted octanol–water partition coefficient (Wildman–Crippen LogP) is 3.95. The molecule has 3 aromatic rings. The molecule has 0 saturated carbocycles. The number of ketones is 1. The first kappa shape index (κ1) is 23.8. The van der Waals surface area contributed by atoms with Gasteiger partial charge in [0.05, 0.1) is 0 Å². The first-order valence-electron chi connectivity index (χ1n) is 11.6. The highest BCUT2D eigenvalue weighted by molar-refractivity contribution is 5.97. The predicted molar refractivity (Wildman–Crippen MR) is 129 cm³/mol. The molecule has 178 valence electrons. The van der Waals surface area contributed by atoms with E-state index in [0.29, 0.717) is 43.0 Å². The van der Waals surface area contributed by atoms with E-state index < -0.39 is 0 Å². The van der Waals surface area contributed by atoms with Gasteiger partial charge in [0.25, 0.3) is 5.91 Å². The van der Waals surface area contributed by atoms with Crippen LogP contribution >= 0.6 is 0 Å². The van der Waals surface area contributed by atoms with Gasteiger partial charge in [-0.25, -0.2) is 4.39 Å². The molecule has 1 amide bonds. The summed E-state index contributed by atoms with van der Waals surface area (Å²) in [5.74, 6) is -0.377. The fourth-order valence-corrected chi connectivity index (χ4v) is 4.60. The van der Waals surface area contributed by atoms with Crippen LogP contribution in [0.2, 0.25) is 0 Å². The van der Waals surface area contributed by atoms with Crippen molar-refractivity contribution >= 4 is 11.7 Å². The summed E-state index contributed by atoms with van der Waals surface area (Å²) < 4.78 is 16.4. The second kappa shape index (κ2) is 9.89. The minimum Gasteiger partial charge on any atom is -0.347 e. The van der Waals surface area contributed by atoms with E-state index in [9.17, 15) is 14.0 Å². The Morgan fingerprint density at radius 3 is 2.53 bits per heavy atom. The number of aryl methyl sites for hydroxylation is 2. The van der Waals surface area contributed by atoms with Crippen LogP contribution in [0.1, 0.15) is 50.2 Å². The molecule has 1 fully saturated rings. The maximum atomic E-state index is 14.5. The molecule has 1 aliphatic heterocycles. The van der Waals surface area contributed by atoms with Crippen molar-refractivity contribution < 1.29 is 14.0 Å². The van der Waals surface area contributed by atoms with Crippen LogP contribution in [0, 0.1) is 19.7 Å². The van der Waals surface area contributed by atoms with Crippen LogP contribution in [-0.2, 0) is 20.0 Å². The van der Waals surface area contributed by atoms with Crippen molar-refractivity contribution in [2.45, 2.75) is 39.8 Å². The summed E-state index contributed by atoms with van der Waals surface area (Å²) in [4.78, 5) is 34.0. The third-order valence-corrected chi connectivity index (χ3v) is 6.70. The van der Waals surface area contributed by atoms with Gasteiger partial charge in [-0.3, -0.25) is 19.5 Å². The van der Waals surface area contributed by atoms with Crippen molar-refractivity contribution in [3.8, 4) is 0 Å². The Balaban J connectivity index is 1.44. The molecule has 0 unspecified atom stereocenters. The van der Waals surface area contributed by atoms with Gasteiger partial charge in [-0.05, 0) is 73.9 Å². The number of hydrogen-bond acceptors (Lipinski definition) is 4. The van der Waals surface area contributed by atoms with Crippen molar-refractivity contribution in [1.82, 2.24) is 19.4 Å². The van der Waals surface area contributed by atoms with Crippen LogP contribution in [0.3, 0.4) is 0 Å². The standard InChI is InChI=1S/C27H31FN4O2/c1-18-7-8-21(15-29-18)26(33)14-22-12-24(28)13-23(20(22)3)17-31-10-11-32(19(2)16-31)27(34)25-6-5-9-30(25)4/h5-9,12-13,15,19H,10-11,14,16-17H2,1-4H3/t19-/m0/s1. The number of rotatable bonds is 6. The molecule has 1 aromatic carbocycles. The Kier molecular flexibility index (Phi) is 6.93. The number of hydrogen-bond donors (Lipinski definition) is 0. The SMILES string of the molecule is Cc1ccc(C(=O)Cc2cc(F)cc(CN3CCN(C(=O)c4cccn4C)[C@@H](C)C3)c2C)cn1. The van der Waals surface area contributed by atoms with Gasteiger partial charge >= 0.3 is 0 Å². The van der Waals surface area contributed by atoms with E-state index in [-0.39, 0.29) is 30.0 Å². The van der Waals surface area contributed by atoms with E-state index in [0.717, 1.165) is 16.8 Å². The van der Waals surface area contributed by atoms with Gasteiger partial charge in [-0.1, -0.05) is 0 Å². The molecule has 0 aliphatic carbocycles. The number of aromatic nitrogens is 2. The third-order valence-electron chi connectivity index (χ3n) is 6.70. The highest BCUT2D eigenvalue weighted by Crippen LogP contribution is 2.22. The Hall–Kier alpha value is -3.32. The topological polar surface area (TPSA) is 58.4 Å². The largest absolute Gasteiger partial charge is 0.347 e. The number of Topliss-reactive ketones (excluding diaryl/α,β-unsaturated/α-hetero) is 1. The van der Waals surface area contributed by atoms with E-state index in [1.54, 1.807) is 24.4 Å². The van der Waals surface area contributed by atoms with Gasteiger partial charge in [0.1, 0.15) is 11.5 Å². The lowest BCUT2D eigenvalue weighted by Gasteiger charge is -2.40. The van der Waals surface area contributed by atoms with E-state index in [2.05, 4.69) is 9.88 Å². The van der Waals surface area contributed by atoms with Crippen molar-refractivity contribution in [3.05, 3.63) is 88.3 Å². The van der Waals surface area contributed by atoms with Crippen LogP contribution in [0.25, 0.3) is 0 Å². The number of benzene rings is 1. The van der Waals surface area contributed by atoms with Crippen LogP contribution < -0.4 is 0 Å². The first-order valence-corrected chi connectivity index (χ1v) is 11.6. The van der Waals surface area contributed by atoms with Gasteiger partial charge in [0.2, 0.25) is 0 Å². The second-order valence-electron chi connectivity index (χ2n) is 9.22.